The van der Waals surface area contributed by atoms with Crippen LogP contribution in [0.5, 0.6) is 0 Å². The van der Waals surface area contributed by atoms with Gasteiger partial charge >= 0.3 is 0 Å². The number of aromatic nitrogens is 8. The van der Waals surface area contributed by atoms with Gasteiger partial charge in [-0.05, 0) is 124 Å². The van der Waals surface area contributed by atoms with Gasteiger partial charge in [-0.15, -0.1) is 0 Å². The molecule has 12 nitrogen and oxygen atoms in total. The molecule has 13 aromatic carbocycles. The molecule has 4 aromatic heterocycles. The van der Waals surface area contributed by atoms with E-state index in [9.17, 15) is 21.0 Å². The lowest BCUT2D eigenvalue weighted by atomic mass is 9.91. The zero-order chi connectivity index (χ0) is 67.2. The van der Waals surface area contributed by atoms with Gasteiger partial charge in [0.15, 0.2) is 34.9 Å². The molecule has 4 heterocycles. The highest BCUT2D eigenvalue weighted by molar-refractivity contribution is 6.13. The zero-order valence-electron chi connectivity index (χ0n) is 53.2. The number of para-hydroxylation sites is 2. The normalized spacial score (nSPS) is 11.2. The fraction of sp³-hybridized carbons (Fsp3) is 0. The first kappa shape index (κ1) is 59.2. The van der Waals surface area contributed by atoms with E-state index in [1.165, 1.54) is 0 Å². The lowest BCUT2D eigenvalue weighted by molar-refractivity contribution is 1.07. The van der Waals surface area contributed by atoms with Crippen molar-refractivity contribution in [3.05, 3.63) is 326 Å². The number of rotatable bonds is 12. The van der Waals surface area contributed by atoms with Gasteiger partial charge in [0.25, 0.3) is 0 Å². The number of hydrogen-bond donors (Lipinski definition) is 0. The van der Waals surface area contributed by atoms with Crippen molar-refractivity contribution < 1.29 is 0 Å². The van der Waals surface area contributed by atoms with E-state index in [2.05, 4.69) is 167 Å². The SMILES string of the molecule is N#Cc1cc(C#N)cc(-c2ccc3c(c2)c2ccccc2n3-c2cccc(-c3nc(-c4ccccc4)nc(-c4ccccc4)n3)c2-c2cccc(-c3c(-c4nc(-c5ccccc5)nc(-c5ccccc5)n4)cccc3-n3c4ccccc4c4cc(-c5cc(C#N)cc(C#N)c5)ccc43)c2)c1. The molecule has 0 aliphatic heterocycles. The van der Waals surface area contributed by atoms with Gasteiger partial charge in [-0.2, -0.15) is 21.0 Å². The van der Waals surface area contributed by atoms with Crippen LogP contribution in [0, 0.1) is 45.3 Å². The smallest absolute Gasteiger partial charge is 0.164 e. The molecule has 0 radical (unpaired) electrons. The maximum atomic E-state index is 10.1. The fourth-order valence-corrected chi connectivity index (χ4v) is 13.8. The Hall–Kier alpha value is -14.6. The summed E-state index contributed by atoms with van der Waals surface area (Å²) in [4.78, 5) is 32.0. The molecule has 0 atom stereocenters. The minimum atomic E-state index is 0.405. The van der Waals surface area contributed by atoms with Gasteiger partial charge in [0.2, 0.25) is 0 Å². The molecule has 0 aliphatic rings. The van der Waals surface area contributed by atoms with Gasteiger partial charge in [-0.25, -0.2) is 29.9 Å². The van der Waals surface area contributed by atoms with E-state index in [-0.39, 0.29) is 0 Å². The van der Waals surface area contributed by atoms with Crippen molar-refractivity contribution >= 4 is 43.6 Å². The van der Waals surface area contributed by atoms with Crippen molar-refractivity contribution in [2.24, 2.45) is 0 Å². The molecule has 100 heavy (non-hydrogen) atoms. The second-order valence-corrected chi connectivity index (χ2v) is 24.3. The van der Waals surface area contributed by atoms with E-state index in [0.29, 0.717) is 57.2 Å². The zero-order valence-corrected chi connectivity index (χ0v) is 53.2. The van der Waals surface area contributed by atoms with Crippen LogP contribution in [0.4, 0.5) is 0 Å². The minimum Gasteiger partial charge on any atom is -0.309 e. The number of benzene rings is 13. The second-order valence-electron chi connectivity index (χ2n) is 24.3. The summed E-state index contributed by atoms with van der Waals surface area (Å²) < 4.78 is 4.63. The summed E-state index contributed by atoms with van der Waals surface area (Å²) in [6.45, 7) is 0. The van der Waals surface area contributed by atoms with E-state index in [1.807, 2.05) is 158 Å². The Bertz CT molecular complexity index is 5770. The van der Waals surface area contributed by atoms with Crippen LogP contribution in [0.15, 0.2) is 303 Å². The molecule has 462 valence electrons. The average molecular weight is 1280 g/mol. The van der Waals surface area contributed by atoms with Crippen molar-refractivity contribution in [1.29, 1.82) is 21.0 Å². The molecule has 0 saturated heterocycles. The third-order valence-corrected chi connectivity index (χ3v) is 18.3. The van der Waals surface area contributed by atoms with Crippen LogP contribution in [0.3, 0.4) is 0 Å². The maximum Gasteiger partial charge on any atom is 0.164 e. The van der Waals surface area contributed by atoms with Gasteiger partial charge in [-0.1, -0.05) is 212 Å². The molecule has 0 aliphatic carbocycles. The molecule has 0 fully saturated rings. The first-order valence-electron chi connectivity index (χ1n) is 32.5. The van der Waals surface area contributed by atoms with Crippen LogP contribution < -0.4 is 0 Å². The van der Waals surface area contributed by atoms with Crippen molar-refractivity contribution in [3.8, 4) is 148 Å². The predicted octanol–water partition coefficient (Wildman–Crippen LogP) is 20.4. The Kier molecular flexibility index (Phi) is 14.8. The molecule has 17 rings (SSSR count). The summed E-state index contributed by atoms with van der Waals surface area (Å²) in [5.41, 5.74) is 18.5. The first-order chi connectivity index (χ1) is 49.4. The van der Waals surface area contributed by atoms with E-state index in [4.69, 9.17) is 29.9 Å². The molecule has 0 spiro atoms. The van der Waals surface area contributed by atoms with Crippen LogP contribution in [-0.2, 0) is 0 Å². The number of nitrogens with zero attached hydrogens (tertiary/aromatic N) is 12. The van der Waals surface area contributed by atoms with Crippen LogP contribution in [-0.4, -0.2) is 39.0 Å². The highest BCUT2D eigenvalue weighted by atomic mass is 15.1. The maximum absolute atomic E-state index is 10.1. The molecule has 0 amide bonds. The summed E-state index contributed by atoms with van der Waals surface area (Å²) >= 11 is 0. The highest BCUT2D eigenvalue weighted by Crippen LogP contribution is 2.47. The summed E-state index contributed by atoms with van der Waals surface area (Å²) in [6.07, 6.45) is 0. The third-order valence-electron chi connectivity index (χ3n) is 18.3. The molecular formula is C88H50N12. The lowest BCUT2D eigenvalue weighted by Crippen LogP contribution is -2.05. The number of nitriles is 4. The van der Waals surface area contributed by atoms with E-state index >= 15 is 0 Å². The van der Waals surface area contributed by atoms with Crippen molar-refractivity contribution in [3.63, 3.8) is 0 Å². The molecule has 12 heteroatoms. The summed E-state index contributed by atoms with van der Waals surface area (Å²) in [7, 11) is 0. The highest BCUT2D eigenvalue weighted by Gasteiger charge is 2.27. The van der Waals surface area contributed by atoms with Crippen molar-refractivity contribution in [2.75, 3.05) is 0 Å². The third kappa shape index (κ3) is 10.6. The van der Waals surface area contributed by atoms with E-state index in [0.717, 1.165) is 133 Å². The molecule has 0 unspecified atom stereocenters. The van der Waals surface area contributed by atoms with E-state index in [1.54, 1.807) is 12.1 Å². The lowest BCUT2D eigenvalue weighted by Gasteiger charge is -2.21. The molecule has 0 N–H and O–H groups in total. The number of hydrogen-bond acceptors (Lipinski definition) is 10. The summed E-state index contributed by atoms with van der Waals surface area (Å²) in [6, 6.07) is 110. The number of fused-ring (bicyclic) bond motifs is 6. The Labute approximate surface area is 574 Å². The van der Waals surface area contributed by atoms with Gasteiger partial charge in [0, 0.05) is 66.1 Å². The predicted molar refractivity (Wildman–Crippen MR) is 395 cm³/mol. The van der Waals surface area contributed by atoms with Gasteiger partial charge in [0.1, 0.15) is 0 Å². The molecule has 0 saturated carbocycles. The second kappa shape index (κ2) is 25.0. The van der Waals surface area contributed by atoms with Crippen molar-refractivity contribution in [1.82, 2.24) is 39.0 Å². The fourth-order valence-electron chi connectivity index (χ4n) is 13.8. The van der Waals surface area contributed by atoms with Crippen LogP contribution in [0.1, 0.15) is 22.3 Å². The quantitative estimate of drug-likeness (QED) is 0.114. The monoisotopic (exact) mass is 1270 g/mol. The van der Waals surface area contributed by atoms with Crippen LogP contribution in [0.25, 0.3) is 168 Å². The molecule has 17 aromatic rings. The Morgan fingerprint density at radius 3 is 0.860 bits per heavy atom. The van der Waals surface area contributed by atoms with Crippen LogP contribution in [0.2, 0.25) is 0 Å². The topological polar surface area (TPSA) is 182 Å². The average Bonchev–Trinajstić information content (AvgIpc) is 1.53. The summed E-state index contributed by atoms with van der Waals surface area (Å²) in [5.74, 6) is 2.98. The molecule has 0 bridgehead atoms. The van der Waals surface area contributed by atoms with Gasteiger partial charge in [-0.3, -0.25) is 0 Å². The standard InChI is InChI=1S/C88H50N12/c89-51-55-42-56(52-90)45-67(44-55)63-38-40-77-73(49-63)69-30-13-15-34-75(69)99(77)79-36-18-32-71(87-95-83(59-20-5-1-6-21-59)93-84(96-87)60-22-7-2-8-23-60)81(79)65-28-17-29-66(48-65)82-72(88-97-85(61-24-9-3-10-25-61)94-86(98-88)62-26-11-4-12-27-62)33-19-37-80(82)100-76-35-16-14-31-70(76)74-50-64(39-41-78(74)100)68-46-57(53-91)43-58(47-68)54-92/h1-50H. The largest absolute Gasteiger partial charge is 0.309 e. The van der Waals surface area contributed by atoms with Crippen LogP contribution >= 0.6 is 0 Å². The Morgan fingerprint density at radius 2 is 0.510 bits per heavy atom. The van der Waals surface area contributed by atoms with Gasteiger partial charge in [0.05, 0.1) is 80.0 Å². The van der Waals surface area contributed by atoms with Crippen molar-refractivity contribution in [2.45, 2.75) is 0 Å². The minimum absolute atomic E-state index is 0.405. The summed E-state index contributed by atoms with van der Waals surface area (Å²) in [5, 5.41) is 44.3. The Morgan fingerprint density at radius 1 is 0.210 bits per heavy atom. The van der Waals surface area contributed by atoms with E-state index < -0.39 is 0 Å². The Balaban J connectivity index is 0.959. The molecular weight excluding hydrogens is 1230 g/mol. The first-order valence-corrected chi connectivity index (χ1v) is 32.5. The van der Waals surface area contributed by atoms with Gasteiger partial charge < -0.3 is 9.13 Å².